The van der Waals surface area contributed by atoms with Crippen LogP contribution in [0, 0.1) is 5.82 Å². The molecule has 0 fully saturated rings. The number of rotatable bonds is 6. The van der Waals surface area contributed by atoms with E-state index in [1.807, 2.05) is 24.3 Å². The predicted octanol–water partition coefficient (Wildman–Crippen LogP) is 2.90. The summed E-state index contributed by atoms with van der Waals surface area (Å²) >= 11 is 0. The Balaban J connectivity index is 2.14. The third kappa shape index (κ3) is 5.17. The minimum Gasteiger partial charge on any atom is -0.502 e. The molecule has 5 nitrogen and oxygen atoms in total. The number of amides is 1. The summed E-state index contributed by atoms with van der Waals surface area (Å²) in [6.45, 7) is 0.250. The second-order valence-electron chi connectivity index (χ2n) is 5.60. The Hall–Kier alpha value is -3.15. The number of likely N-dealkylation sites (N-methyl/N-ethyl adjacent to an activating group) is 1. The fraction of sp³-hybridized carbons (Fsp3) is 0.158. The van der Waals surface area contributed by atoms with Gasteiger partial charge in [-0.15, -0.1) is 0 Å². The van der Waals surface area contributed by atoms with Gasteiger partial charge in [-0.05, 0) is 35.2 Å². The molecular weight excluding hydrogens is 325 g/mol. The van der Waals surface area contributed by atoms with Gasteiger partial charge in [0.1, 0.15) is 5.82 Å². The van der Waals surface area contributed by atoms with Crippen molar-refractivity contribution < 1.29 is 24.2 Å². The van der Waals surface area contributed by atoms with E-state index in [1.165, 1.54) is 24.1 Å². The molecule has 0 saturated carbocycles. The van der Waals surface area contributed by atoms with Crippen LogP contribution in [0.15, 0.2) is 60.4 Å². The maximum atomic E-state index is 13.0. The molecule has 0 aromatic heterocycles. The van der Waals surface area contributed by atoms with Crippen molar-refractivity contribution in [2.45, 2.75) is 13.0 Å². The predicted molar refractivity (Wildman–Crippen MR) is 90.5 cm³/mol. The Kier molecular flexibility index (Phi) is 5.89. The Morgan fingerprint density at radius 2 is 1.64 bits per heavy atom. The number of aliphatic hydroxyl groups excluding tert-OH is 1. The first-order chi connectivity index (χ1) is 11.9. The number of halogens is 1. The lowest BCUT2D eigenvalue weighted by Gasteiger charge is -2.18. The number of carboxylic acids is 1. The van der Waals surface area contributed by atoms with Crippen LogP contribution >= 0.6 is 0 Å². The number of aliphatic carboxylic acids is 1. The highest BCUT2D eigenvalue weighted by Gasteiger charge is 2.13. The van der Waals surface area contributed by atoms with Gasteiger partial charge in [-0.1, -0.05) is 36.4 Å². The zero-order valence-electron chi connectivity index (χ0n) is 13.6. The SMILES string of the molecule is CN(Cc1ccccc1Cc1ccc(F)cc1)C(=O)C=C(O)C(=O)O. The summed E-state index contributed by atoms with van der Waals surface area (Å²) in [4.78, 5) is 23.8. The largest absolute Gasteiger partial charge is 0.502 e. The van der Waals surface area contributed by atoms with Gasteiger partial charge >= 0.3 is 5.97 Å². The van der Waals surface area contributed by atoms with Crippen molar-refractivity contribution in [3.8, 4) is 0 Å². The monoisotopic (exact) mass is 343 g/mol. The highest BCUT2D eigenvalue weighted by atomic mass is 19.1. The molecule has 2 aromatic rings. The van der Waals surface area contributed by atoms with Crippen LogP contribution in [0.1, 0.15) is 16.7 Å². The summed E-state index contributed by atoms with van der Waals surface area (Å²) in [5.74, 6) is -3.47. The second-order valence-corrected chi connectivity index (χ2v) is 5.60. The van der Waals surface area contributed by atoms with E-state index in [0.29, 0.717) is 12.5 Å². The molecule has 25 heavy (non-hydrogen) atoms. The molecule has 0 bridgehead atoms. The molecule has 0 saturated heterocycles. The molecule has 0 unspecified atom stereocenters. The average molecular weight is 343 g/mol. The number of carbonyl (C=O) groups is 2. The lowest BCUT2D eigenvalue weighted by Crippen LogP contribution is -2.25. The lowest BCUT2D eigenvalue weighted by atomic mass is 9.99. The molecule has 130 valence electrons. The Labute approximate surface area is 144 Å². The zero-order chi connectivity index (χ0) is 18.4. The summed E-state index contributed by atoms with van der Waals surface area (Å²) in [5.41, 5.74) is 2.79. The van der Waals surface area contributed by atoms with Crippen molar-refractivity contribution in [3.05, 3.63) is 82.9 Å². The molecule has 0 heterocycles. The number of aliphatic hydroxyl groups is 1. The summed E-state index contributed by atoms with van der Waals surface area (Å²) in [7, 11) is 1.52. The van der Waals surface area contributed by atoms with Crippen molar-refractivity contribution in [2.24, 2.45) is 0 Å². The molecule has 0 atom stereocenters. The molecule has 2 rings (SSSR count). The van der Waals surface area contributed by atoms with Gasteiger partial charge < -0.3 is 15.1 Å². The van der Waals surface area contributed by atoms with Crippen molar-refractivity contribution in [1.29, 1.82) is 0 Å². The molecule has 0 aliphatic carbocycles. The number of hydrogen-bond acceptors (Lipinski definition) is 3. The van der Waals surface area contributed by atoms with E-state index in [4.69, 9.17) is 10.2 Å². The molecule has 2 N–H and O–H groups in total. The van der Waals surface area contributed by atoms with Crippen molar-refractivity contribution in [1.82, 2.24) is 4.90 Å². The van der Waals surface area contributed by atoms with Gasteiger partial charge in [0.25, 0.3) is 5.91 Å². The highest BCUT2D eigenvalue weighted by molar-refractivity contribution is 5.95. The first-order valence-corrected chi connectivity index (χ1v) is 7.57. The normalized spacial score (nSPS) is 11.2. The van der Waals surface area contributed by atoms with Gasteiger partial charge in [0.15, 0.2) is 0 Å². The molecule has 0 aliphatic heterocycles. The topological polar surface area (TPSA) is 77.8 Å². The Morgan fingerprint density at radius 3 is 2.24 bits per heavy atom. The number of benzene rings is 2. The smallest absolute Gasteiger partial charge is 0.371 e. The molecule has 6 heteroatoms. The molecular formula is C19H18FNO4. The first-order valence-electron chi connectivity index (χ1n) is 7.57. The van der Waals surface area contributed by atoms with Gasteiger partial charge in [-0.25, -0.2) is 9.18 Å². The summed E-state index contributed by atoms with van der Waals surface area (Å²) in [6.07, 6.45) is 1.25. The number of hydrogen-bond donors (Lipinski definition) is 2. The number of nitrogens with zero attached hydrogens (tertiary/aromatic N) is 1. The average Bonchev–Trinajstić information content (AvgIpc) is 2.58. The van der Waals surface area contributed by atoms with E-state index in [-0.39, 0.29) is 12.4 Å². The lowest BCUT2D eigenvalue weighted by molar-refractivity contribution is -0.136. The number of carboxylic acid groups (broad SMARTS) is 1. The van der Waals surface area contributed by atoms with Crippen molar-refractivity contribution in [2.75, 3.05) is 7.05 Å². The molecule has 0 aliphatic rings. The summed E-state index contributed by atoms with van der Waals surface area (Å²) in [6, 6.07) is 13.7. The van der Waals surface area contributed by atoms with E-state index in [1.54, 1.807) is 12.1 Å². The van der Waals surface area contributed by atoms with Crippen LogP contribution in [0.3, 0.4) is 0 Å². The van der Waals surface area contributed by atoms with E-state index < -0.39 is 17.6 Å². The second kappa shape index (κ2) is 8.10. The van der Waals surface area contributed by atoms with Gasteiger partial charge in [0.2, 0.25) is 5.76 Å². The number of carbonyl (C=O) groups excluding carboxylic acids is 1. The zero-order valence-corrected chi connectivity index (χ0v) is 13.6. The minimum absolute atomic E-state index is 0.250. The highest BCUT2D eigenvalue weighted by Crippen LogP contribution is 2.16. The third-order valence-electron chi connectivity index (χ3n) is 3.69. The Bertz CT molecular complexity index is 799. The molecule has 1 amide bonds. The van der Waals surface area contributed by atoms with Crippen LogP contribution in [0.4, 0.5) is 4.39 Å². The fourth-order valence-electron chi connectivity index (χ4n) is 2.33. The van der Waals surface area contributed by atoms with E-state index in [0.717, 1.165) is 16.7 Å². The summed E-state index contributed by atoms with van der Waals surface area (Å²) in [5, 5.41) is 17.8. The Morgan fingerprint density at radius 1 is 1.04 bits per heavy atom. The van der Waals surface area contributed by atoms with Crippen LogP contribution in [-0.2, 0) is 22.6 Å². The molecule has 0 spiro atoms. The van der Waals surface area contributed by atoms with E-state index in [9.17, 15) is 14.0 Å². The van der Waals surface area contributed by atoms with Crippen LogP contribution in [-0.4, -0.2) is 34.0 Å². The van der Waals surface area contributed by atoms with Gasteiger partial charge in [-0.3, -0.25) is 4.79 Å². The molecule has 2 aromatic carbocycles. The van der Waals surface area contributed by atoms with E-state index >= 15 is 0 Å². The quantitative estimate of drug-likeness (QED) is 0.624. The standard InChI is InChI=1S/C19H18FNO4/c1-21(18(23)11-17(22)19(24)25)12-15-5-3-2-4-14(15)10-13-6-8-16(20)9-7-13/h2-9,11,22H,10,12H2,1H3,(H,24,25). The van der Waals surface area contributed by atoms with Crippen LogP contribution < -0.4 is 0 Å². The van der Waals surface area contributed by atoms with Crippen LogP contribution in [0.2, 0.25) is 0 Å². The van der Waals surface area contributed by atoms with Crippen molar-refractivity contribution in [3.63, 3.8) is 0 Å². The third-order valence-corrected chi connectivity index (χ3v) is 3.69. The van der Waals surface area contributed by atoms with Crippen molar-refractivity contribution >= 4 is 11.9 Å². The van der Waals surface area contributed by atoms with Crippen LogP contribution in [0.25, 0.3) is 0 Å². The maximum absolute atomic E-state index is 13.0. The fourth-order valence-corrected chi connectivity index (χ4v) is 2.33. The van der Waals surface area contributed by atoms with E-state index in [2.05, 4.69) is 0 Å². The summed E-state index contributed by atoms with van der Waals surface area (Å²) < 4.78 is 13.0. The minimum atomic E-state index is -1.56. The molecule has 0 radical (unpaired) electrons. The first kappa shape index (κ1) is 18.2. The maximum Gasteiger partial charge on any atom is 0.371 e. The van der Waals surface area contributed by atoms with Gasteiger partial charge in [0, 0.05) is 13.6 Å². The van der Waals surface area contributed by atoms with Gasteiger partial charge in [0.05, 0.1) is 6.08 Å². The van der Waals surface area contributed by atoms with Gasteiger partial charge in [-0.2, -0.15) is 0 Å². The van der Waals surface area contributed by atoms with Crippen LogP contribution in [0.5, 0.6) is 0 Å².